The highest BCUT2D eigenvalue weighted by Gasteiger charge is 2.30. The summed E-state index contributed by atoms with van der Waals surface area (Å²) in [5, 5.41) is 12.5. The van der Waals surface area contributed by atoms with Crippen molar-refractivity contribution in [3.05, 3.63) is 5.82 Å². The molecule has 1 aliphatic carbocycles. The lowest BCUT2D eigenvalue weighted by Gasteiger charge is -2.38. The number of tetrazole rings is 1. The zero-order chi connectivity index (χ0) is 17.1. The van der Waals surface area contributed by atoms with Crippen molar-refractivity contribution in [1.29, 1.82) is 0 Å². The Morgan fingerprint density at radius 2 is 1.79 bits per heavy atom. The average molecular weight is 335 g/mol. The third-order valence-corrected chi connectivity index (χ3v) is 5.33. The Balaban J connectivity index is 1.63. The normalized spacial score (nSPS) is 21.7. The molecule has 2 aliphatic rings. The molecular formula is C16H29N7O. The molecule has 0 aromatic carbocycles. The molecule has 1 saturated carbocycles. The summed E-state index contributed by atoms with van der Waals surface area (Å²) in [6.07, 6.45) is 6.21. The molecule has 24 heavy (non-hydrogen) atoms. The molecule has 0 radical (unpaired) electrons. The van der Waals surface area contributed by atoms with Crippen LogP contribution in [0.4, 0.5) is 4.79 Å². The fourth-order valence-electron chi connectivity index (χ4n) is 3.81. The van der Waals surface area contributed by atoms with Crippen LogP contribution in [0.15, 0.2) is 0 Å². The van der Waals surface area contributed by atoms with E-state index in [4.69, 9.17) is 0 Å². The average Bonchev–Trinajstić information content (AvgIpc) is 3.11. The van der Waals surface area contributed by atoms with Crippen LogP contribution >= 0.6 is 0 Å². The highest BCUT2D eigenvalue weighted by Crippen LogP contribution is 2.30. The van der Waals surface area contributed by atoms with Gasteiger partial charge in [0.15, 0.2) is 5.82 Å². The molecule has 0 unspecified atom stereocenters. The van der Waals surface area contributed by atoms with Gasteiger partial charge in [-0.15, -0.1) is 5.10 Å². The predicted molar refractivity (Wildman–Crippen MR) is 90.6 cm³/mol. The first kappa shape index (κ1) is 17.1. The first-order valence-corrected chi connectivity index (χ1v) is 9.06. The van der Waals surface area contributed by atoms with E-state index in [0.29, 0.717) is 6.04 Å². The number of carbonyl (C=O) groups is 1. The second-order valence-electron chi connectivity index (χ2n) is 7.15. The minimum atomic E-state index is 0.0920. The van der Waals surface area contributed by atoms with Gasteiger partial charge in [0.1, 0.15) is 0 Å². The van der Waals surface area contributed by atoms with E-state index in [-0.39, 0.29) is 12.1 Å². The molecule has 1 saturated heterocycles. The molecule has 2 heterocycles. The van der Waals surface area contributed by atoms with Gasteiger partial charge >= 0.3 is 6.03 Å². The van der Waals surface area contributed by atoms with Crippen LogP contribution in [0.3, 0.4) is 0 Å². The second kappa shape index (κ2) is 7.46. The Labute approximate surface area is 143 Å². The van der Waals surface area contributed by atoms with Crippen molar-refractivity contribution in [1.82, 2.24) is 34.9 Å². The summed E-state index contributed by atoms with van der Waals surface area (Å²) in [5.41, 5.74) is 0. The van der Waals surface area contributed by atoms with Gasteiger partial charge in [-0.2, -0.15) is 0 Å². The Morgan fingerprint density at radius 1 is 1.12 bits per heavy atom. The third-order valence-electron chi connectivity index (χ3n) is 5.33. The van der Waals surface area contributed by atoms with Crippen molar-refractivity contribution >= 4 is 6.03 Å². The Kier molecular flexibility index (Phi) is 5.33. The lowest BCUT2D eigenvalue weighted by molar-refractivity contribution is 0.0970. The lowest BCUT2D eigenvalue weighted by atomic mass is 9.95. The molecule has 3 rings (SSSR count). The van der Waals surface area contributed by atoms with Crippen molar-refractivity contribution < 1.29 is 4.79 Å². The van der Waals surface area contributed by atoms with Crippen molar-refractivity contribution in [3.8, 4) is 0 Å². The van der Waals surface area contributed by atoms with Gasteiger partial charge in [0.2, 0.25) is 0 Å². The van der Waals surface area contributed by atoms with Gasteiger partial charge in [-0.3, -0.25) is 4.90 Å². The highest BCUT2D eigenvalue weighted by atomic mass is 16.2. The summed E-state index contributed by atoms with van der Waals surface area (Å²) in [6, 6.07) is 0.718. The van der Waals surface area contributed by atoms with Gasteiger partial charge in [-0.25, -0.2) is 9.48 Å². The molecule has 0 spiro atoms. The molecular weight excluding hydrogens is 306 g/mol. The molecule has 0 bridgehead atoms. The number of amides is 2. The standard InChI is InChI=1S/C16H29N7O/c1-13(21-9-11-22(12-10-21)16(24)20(2)3)15-17-18-19-23(15)14-7-5-4-6-8-14/h13-14H,4-12H2,1-3H3/t13-/m1/s1. The zero-order valence-corrected chi connectivity index (χ0v) is 15.1. The largest absolute Gasteiger partial charge is 0.331 e. The maximum absolute atomic E-state index is 12.1. The van der Waals surface area contributed by atoms with Gasteiger partial charge in [0, 0.05) is 40.3 Å². The van der Waals surface area contributed by atoms with Gasteiger partial charge in [-0.1, -0.05) is 19.3 Å². The quantitative estimate of drug-likeness (QED) is 0.838. The van der Waals surface area contributed by atoms with E-state index in [1.807, 2.05) is 4.90 Å². The fraction of sp³-hybridized carbons (Fsp3) is 0.875. The number of piperazine rings is 1. The van der Waals surface area contributed by atoms with Crippen molar-refractivity contribution in [3.63, 3.8) is 0 Å². The van der Waals surface area contributed by atoms with Crippen LogP contribution in [0.5, 0.6) is 0 Å². The molecule has 8 heteroatoms. The number of aromatic nitrogens is 4. The van der Waals surface area contributed by atoms with Crippen molar-refractivity contribution in [2.75, 3.05) is 40.3 Å². The van der Waals surface area contributed by atoms with Gasteiger partial charge in [-0.05, 0) is 30.2 Å². The Hall–Kier alpha value is -1.70. The number of urea groups is 1. The molecule has 8 nitrogen and oxygen atoms in total. The van der Waals surface area contributed by atoms with Crippen molar-refractivity contribution in [2.45, 2.75) is 51.1 Å². The van der Waals surface area contributed by atoms with E-state index < -0.39 is 0 Å². The summed E-state index contributed by atoms with van der Waals surface area (Å²) < 4.78 is 2.06. The first-order chi connectivity index (χ1) is 11.6. The predicted octanol–water partition coefficient (Wildman–Crippen LogP) is 1.54. The van der Waals surface area contributed by atoms with Crippen LogP contribution < -0.4 is 0 Å². The van der Waals surface area contributed by atoms with E-state index in [0.717, 1.165) is 32.0 Å². The molecule has 0 N–H and O–H groups in total. The summed E-state index contributed by atoms with van der Waals surface area (Å²) in [5.74, 6) is 0.967. The van der Waals surface area contributed by atoms with E-state index >= 15 is 0 Å². The van der Waals surface area contributed by atoms with E-state index in [9.17, 15) is 4.79 Å². The van der Waals surface area contributed by atoms with Gasteiger partial charge in [0.05, 0.1) is 12.1 Å². The summed E-state index contributed by atoms with van der Waals surface area (Å²) in [7, 11) is 3.60. The monoisotopic (exact) mass is 335 g/mol. The topological polar surface area (TPSA) is 70.4 Å². The van der Waals surface area contributed by atoms with E-state index in [2.05, 4.69) is 32.0 Å². The molecule has 1 atom stereocenters. The Bertz CT molecular complexity index is 544. The molecule has 1 aromatic rings. The van der Waals surface area contributed by atoms with Crippen LogP contribution in [0.1, 0.15) is 56.9 Å². The summed E-state index contributed by atoms with van der Waals surface area (Å²) >= 11 is 0. The molecule has 134 valence electrons. The highest BCUT2D eigenvalue weighted by molar-refractivity contribution is 5.73. The maximum Gasteiger partial charge on any atom is 0.319 e. The zero-order valence-electron chi connectivity index (χ0n) is 15.1. The second-order valence-corrected chi connectivity index (χ2v) is 7.15. The number of carbonyl (C=O) groups excluding carboxylic acids is 1. The lowest BCUT2D eigenvalue weighted by Crippen LogP contribution is -2.52. The first-order valence-electron chi connectivity index (χ1n) is 9.06. The van der Waals surface area contributed by atoms with Crippen LogP contribution in [-0.4, -0.2) is 81.2 Å². The number of nitrogens with zero attached hydrogens (tertiary/aromatic N) is 7. The number of hydrogen-bond acceptors (Lipinski definition) is 5. The molecule has 1 aliphatic heterocycles. The smallest absolute Gasteiger partial charge is 0.319 e. The van der Waals surface area contributed by atoms with Crippen LogP contribution in [0.25, 0.3) is 0 Å². The van der Waals surface area contributed by atoms with Crippen LogP contribution in [0, 0.1) is 0 Å². The SMILES string of the molecule is C[C@H](c1nnnn1C1CCCCC1)N1CCN(C(=O)N(C)C)CC1. The van der Waals surface area contributed by atoms with E-state index in [1.54, 1.807) is 19.0 Å². The molecule has 2 amide bonds. The third kappa shape index (κ3) is 3.53. The van der Waals surface area contributed by atoms with E-state index in [1.165, 1.54) is 32.1 Å². The minimum Gasteiger partial charge on any atom is -0.331 e. The number of rotatable bonds is 3. The maximum atomic E-state index is 12.1. The minimum absolute atomic E-state index is 0.0920. The Morgan fingerprint density at radius 3 is 2.42 bits per heavy atom. The van der Waals surface area contributed by atoms with Gasteiger partial charge < -0.3 is 9.80 Å². The summed E-state index contributed by atoms with van der Waals surface area (Å²) in [6.45, 7) is 5.41. The number of hydrogen-bond donors (Lipinski definition) is 0. The van der Waals surface area contributed by atoms with Gasteiger partial charge in [0.25, 0.3) is 0 Å². The fourth-order valence-corrected chi connectivity index (χ4v) is 3.81. The summed E-state index contributed by atoms with van der Waals surface area (Å²) in [4.78, 5) is 18.0. The van der Waals surface area contributed by atoms with Crippen LogP contribution in [-0.2, 0) is 0 Å². The molecule has 2 fully saturated rings. The molecule has 1 aromatic heterocycles. The van der Waals surface area contributed by atoms with Crippen LogP contribution in [0.2, 0.25) is 0 Å². The van der Waals surface area contributed by atoms with Crippen molar-refractivity contribution in [2.24, 2.45) is 0 Å².